The Morgan fingerprint density at radius 1 is 1.36 bits per heavy atom. The molecule has 0 heterocycles. The van der Waals surface area contributed by atoms with Gasteiger partial charge in [-0.05, 0) is 12.8 Å². The minimum absolute atomic E-state index is 0.0556. The lowest BCUT2D eigenvalue weighted by atomic mass is 10.1. The van der Waals surface area contributed by atoms with Crippen LogP contribution in [0.5, 0.6) is 0 Å². The number of carbonyl (C=O) groups excluding carboxylic acids is 1. The number of aliphatic carboxylic acids is 1. The Balaban J connectivity index is 0. The second-order valence-electron chi connectivity index (χ2n) is 2.98. The van der Waals surface area contributed by atoms with Crippen molar-refractivity contribution < 1.29 is 19.4 Å². The fourth-order valence-corrected chi connectivity index (χ4v) is 0.582. The molecule has 4 nitrogen and oxygen atoms in total. The van der Waals surface area contributed by atoms with Crippen molar-refractivity contribution >= 4 is 11.9 Å². The number of carboxylic acid groups (broad SMARTS) is 1. The van der Waals surface area contributed by atoms with E-state index < -0.39 is 5.97 Å². The van der Waals surface area contributed by atoms with E-state index in [-0.39, 0.29) is 11.9 Å². The molecule has 0 aromatic heterocycles. The summed E-state index contributed by atoms with van der Waals surface area (Å²) in [5.74, 6) is -0.773. The van der Waals surface area contributed by atoms with E-state index in [0.29, 0.717) is 6.42 Å². The molecule has 0 aliphatic heterocycles. The Hall–Kier alpha value is -1.06. The van der Waals surface area contributed by atoms with Crippen molar-refractivity contribution in [1.29, 1.82) is 0 Å². The molecule has 1 N–H and O–H groups in total. The highest BCUT2D eigenvalue weighted by Gasteiger charge is 2.08. The van der Waals surface area contributed by atoms with Gasteiger partial charge in [0.15, 0.2) is 0 Å². The molecule has 0 bridgehead atoms. The van der Waals surface area contributed by atoms with E-state index in [1.807, 2.05) is 20.8 Å². The molecule has 0 fully saturated rings. The lowest BCUT2D eigenvalue weighted by Gasteiger charge is -2.02. The van der Waals surface area contributed by atoms with E-state index in [0.717, 1.165) is 12.8 Å². The molecule has 0 spiro atoms. The van der Waals surface area contributed by atoms with Crippen LogP contribution in [-0.2, 0) is 14.3 Å². The average molecular weight is 204 g/mol. The Morgan fingerprint density at radius 2 is 1.86 bits per heavy atom. The monoisotopic (exact) mass is 204 g/mol. The van der Waals surface area contributed by atoms with Crippen molar-refractivity contribution in [3.63, 3.8) is 0 Å². The fraction of sp³-hybridized carbons (Fsp3) is 0.800. The SMILES string of the molecule is CCC(C)C(=O)OC.CCCC(=O)O. The van der Waals surface area contributed by atoms with Gasteiger partial charge in [0.1, 0.15) is 0 Å². The van der Waals surface area contributed by atoms with E-state index in [1.165, 1.54) is 7.11 Å². The third-order valence-corrected chi connectivity index (χ3v) is 1.68. The molecule has 0 radical (unpaired) electrons. The van der Waals surface area contributed by atoms with Crippen LogP contribution in [0.25, 0.3) is 0 Å². The molecule has 84 valence electrons. The highest BCUT2D eigenvalue weighted by atomic mass is 16.5. The van der Waals surface area contributed by atoms with Gasteiger partial charge in [-0.15, -0.1) is 0 Å². The smallest absolute Gasteiger partial charge is 0.308 e. The topological polar surface area (TPSA) is 63.6 Å². The van der Waals surface area contributed by atoms with Gasteiger partial charge in [-0.2, -0.15) is 0 Å². The van der Waals surface area contributed by atoms with Gasteiger partial charge in [-0.1, -0.05) is 20.8 Å². The summed E-state index contributed by atoms with van der Waals surface area (Å²) < 4.78 is 4.46. The average Bonchev–Trinajstić information content (AvgIpc) is 2.16. The number of rotatable bonds is 4. The summed E-state index contributed by atoms with van der Waals surface area (Å²) in [6.45, 7) is 5.65. The van der Waals surface area contributed by atoms with Crippen LogP contribution in [0.4, 0.5) is 0 Å². The summed E-state index contributed by atoms with van der Waals surface area (Å²) in [6.07, 6.45) is 1.88. The van der Waals surface area contributed by atoms with Gasteiger partial charge in [0.2, 0.25) is 0 Å². The maximum absolute atomic E-state index is 10.5. The Kier molecular flexibility index (Phi) is 11.0. The van der Waals surface area contributed by atoms with Crippen molar-refractivity contribution in [3.8, 4) is 0 Å². The number of methoxy groups -OCH3 is 1. The Labute approximate surface area is 85.3 Å². The minimum atomic E-state index is -0.711. The first kappa shape index (κ1) is 15.4. The maximum Gasteiger partial charge on any atom is 0.308 e. The first-order valence-electron chi connectivity index (χ1n) is 4.79. The first-order chi connectivity index (χ1) is 6.49. The zero-order chi connectivity index (χ0) is 11.6. The molecule has 0 aromatic carbocycles. The van der Waals surface area contributed by atoms with Crippen molar-refractivity contribution in [3.05, 3.63) is 0 Å². The molecule has 0 aromatic rings. The standard InChI is InChI=1S/C6H12O2.C4H8O2/c1-4-5(2)6(7)8-3;1-2-3-4(5)6/h5H,4H2,1-3H3;2-3H2,1H3,(H,5,6). The van der Waals surface area contributed by atoms with Gasteiger partial charge in [0.25, 0.3) is 0 Å². The zero-order valence-electron chi connectivity index (χ0n) is 9.37. The summed E-state index contributed by atoms with van der Waals surface area (Å²) >= 11 is 0. The van der Waals surface area contributed by atoms with Crippen LogP contribution in [0.15, 0.2) is 0 Å². The maximum atomic E-state index is 10.5. The first-order valence-corrected chi connectivity index (χ1v) is 4.79. The number of hydrogen-bond donors (Lipinski definition) is 1. The fourth-order valence-electron chi connectivity index (χ4n) is 0.582. The van der Waals surface area contributed by atoms with Crippen LogP contribution in [0, 0.1) is 5.92 Å². The molecule has 0 rings (SSSR count). The van der Waals surface area contributed by atoms with Gasteiger partial charge < -0.3 is 9.84 Å². The van der Waals surface area contributed by atoms with E-state index in [9.17, 15) is 9.59 Å². The summed E-state index contributed by atoms with van der Waals surface area (Å²) in [5, 5.41) is 7.91. The molecule has 14 heavy (non-hydrogen) atoms. The molecule has 0 aliphatic carbocycles. The van der Waals surface area contributed by atoms with E-state index in [1.54, 1.807) is 0 Å². The second kappa shape index (κ2) is 10.0. The molecular formula is C10H20O4. The quantitative estimate of drug-likeness (QED) is 0.712. The van der Waals surface area contributed by atoms with Gasteiger partial charge in [0, 0.05) is 6.42 Å². The predicted octanol–water partition coefficient (Wildman–Crippen LogP) is 2.08. The van der Waals surface area contributed by atoms with E-state index >= 15 is 0 Å². The third-order valence-electron chi connectivity index (χ3n) is 1.68. The predicted molar refractivity (Wildman–Crippen MR) is 54.0 cm³/mol. The van der Waals surface area contributed by atoms with Gasteiger partial charge >= 0.3 is 11.9 Å². The summed E-state index contributed by atoms with van der Waals surface area (Å²) in [4.78, 5) is 20.1. The van der Waals surface area contributed by atoms with Crippen molar-refractivity contribution in [1.82, 2.24) is 0 Å². The zero-order valence-corrected chi connectivity index (χ0v) is 9.37. The molecule has 0 saturated heterocycles. The van der Waals surface area contributed by atoms with Crippen LogP contribution in [0.3, 0.4) is 0 Å². The molecule has 0 aliphatic rings. The molecule has 0 saturated carbocycles. The van der Waals surface area contributed by atoms with Gasteiger partial charge in [-0.25, -0.2) is 0 Å². The lowest BCUT2D eigenvalue weighted by Crippen LogP contribution is -2.10. The highest BCUT2D eigenvalue weighted by molar-refractivity contribution is 5.71. The van der Waals surface area contributed by atoms with Crippen molar-refractivity contribution in [2.24, 2.45) is 5.92 Å². The Bertz CT molecular complexity index is 166. The third kappa shape index (κ3) is 10.9. The lowest BCUT2D eigenvalue weighted by molar-refractivity contribution is -0.144. The molecule has 1 atom stereocenters. The van der Waals surface area contributed by atoms with Crippen LogP contribution in [0.1, 0.15) is 40.0 Å². The number of esters is 1. The van der Waals surface area contributed by atoms with E-state index in [4.69, 9.17) is 5.11 Å². The summed E-state index contributed by atoms with van der Waals surface area (Å²) in [6, 6.07) is 0. The highest BCUT2D eigenvalue weighted by Crippen LogP contribution is 2.00. The number of carbonyl (C=O) groups is 2. The van der Waals surface area contributed by atoms with Crippen LogP contribution in [0.2, 0.25) is 0 Å². The second-order valence-corrected chi connectivity index (χ2v) is 2.98. The molecule has 0 amide bonds. The molecule has 1 unspecified atom stereocenters. The Morgan fingerprint density at radius 3 is 1.93 bits per heavy atom. The van der Waals surface area contributed by atoms with Crippen LogP contribution < -0.4 is 0 Å². The van der Waals surface area contributed by atoms with Crippen molar-refractivity contribution in [2.45, 2.75) is 40.0 Å². The van der Waals surface area contributed by atoms with E-state index in [2.05, 4.69) is 4.74 Å². The minimum Gasteiger partial charge on any atom is -0.481 e. The van der Waals surface area contributed by atoms with Crippen LogP contribution >= 0.6 is 0 Å². The normalized spacial score (nSPS) is 10.9. The van der Waals surface area contributed by atoms with Gasteiger partial charge in [0.05, 0.1) is 13.0 Å². The van der Waals surface area contributed by atoms with Gasteiger partial charge in [-0.3, -0.25) is 9.59 Å². The number of hydrogen-bond acceptors (Lipinski definition) is 3. The number of carboxylic acids is 1. The number of ether oxygens (including phenoxy) is 1. The largest absolute Gasteiger partial charge is 0.481 e. The van der Waals surface area contributed by atoms with Crippen LogP contribution in [-0.4, -0.2) is 24.2 Å². The molecular weight excluding hydrogens is 184 g/mol. The summed E-state index contributed by atoms with van der Waals surface area (Å²) in [5.41, 5.74) is 0. The summed E-state index contributed by atoms with van der Waals surface area (Å²) in [7, 11) is 1.41. The molecule has 4 heteroatoms. The van der Waals surface area contributed by atoms with Crippen molar-refractivity contribution in [2.75, 3.05) is 7.11 Å².